The first kappa shape index (κ1) is 19.7. The molecule has 0 radical (unpaired) electrons. The average molecular weight is 302 g/mol. The van der Waals surface area contributed by atoms with Crippen molar-refractivity contribution in [3.8, 4) is 0 Å². The molecule has 0 amide bonds. The van der Waals surface area contributed by atoms with E-state index in [-0.39, 0.29) is 0 Å². The van der Waals surface area contributed by atoms with E-state index in [1.54, 1.807) is 0 Å². The van der Waals surface area contributed by atoms with Crippen molar-refractivity contribution in [2.24, 2.45) is 0 Å². The van der Waals surface area contributed by atoms with Gasteiger partial charge in [-0.1, -0.05) is 32.3 Å². The summed E-state index contributed by atoms with van der Waals surface area (Å²) in [6.45, 7) is 11.0. The van der Waals surface area contributed by atoms with Gasteiger partial charge in [0.25, 0.3) is 0 Å². The van der Waals surface area contributed by atoms with E-state index in [0.717, 1.165) is 32.2 Å². The number of nitrogens with one attached hydrogen (secondary N) is 1. The van der Waals surface area contributed by atoms with E-state index in [1.807, 2.05) is 13.8 Å². The molecule has 120 valence electrons. The Bertz CT molecular complexity index is 229. The van der Waals surface area contributed by atoms with Crippen molar-refractivity contribution in [3.63, 3.8) is 0 Å². The lowest BCUT2D eigenvalue weighted by atomic mass is 10.1. The number of rotatable bonds is 14. The molecule has 0 saturated carbocycles. The lowest BCUT2D eigenvalue weighted by Gasteiger charge is -2.25. The van der Waals surface area contributed by atoms with Crippen molar-refractivity contribution in [3.05, 3.63) is 12.3 Å². The fourth-order valence-electron chi connectivity index (χ4n) is 2.25. The van der Waals surface area contributed by atoms with Crippen LogP contribution in [0.2, 0.25) is 12.6 Å². The van der Waals surface area contributed by atoms with Crippen LogP contribution in [-0.2, 0) is 8.85 Å². The molecule has 0 aromatic rings. The number of hydrogen-bond acceptors (Lipinski definition) is 3. The maximum atomic E-state index is 5.82. The highest BCUT2D eigenvalue weighted by Crippen LogP contribution is 2.15. The van der Waals surface area contributed by atoms with Crippen molar-refractivity contribution < 1.29 is 8.85 Å². The van der Waals surface area contributed by atoms with E-state index in [4.69, 9.17) is 8.85 Å². The Morgan fingerprint density at radius 2 is 1.65 bits per heavy atom. The summed E-state index contributed by atoms with van der Waals surface area (Å²) in [5.74, 6) is 0. The van der Waals surface area contributed by atoms with Crippen LogP contribution in [0.4, 0.5) is 0 Å². The molecular formula is C16H35NO2Si. The van der Waals surface area contributed by atoms with Crippen LogP contribution in [0.15, 0.2) is 12.3 Å². The predicted octanol–water partition coefficient (Wildman–Crippen LogP) is 4.60. The van der Waals surface area contributed by atoms with Gasteiger partial charge < -0.3 is 14.2 Å². The van der Waals surface area contributed by atoms with E-state index >= 15 is 0 Å². The summed E-state index contributed by atoms with van der Waals surface area (Å²) in [6, 6.07) is 1.06. The maximum Gasteiger partial charge on any atom is 0.334 e. The third-order valence-electron chi connectivity index (χ3n) is 3.31. The van der Waals surface area contributed by atoms with Crippen LogP contribution in [0.3, 0.4) is 0 Å². The van der Waals surface area contributed by atoms with Gasteiger partial charge in [-0.05, 0) is 51.9 Å². The van der Waals surface area contributed by atoms with Crippen LogP contribution in [0.25, 0.3) is 0 Å². The highest BCUT2D eigenvalue weighted by Gasteiger charge is 2.29. The van der Waals surface area contributed by atoms with Crippen molar-refractivity contribution in [2.45, 2.75) is 71.9 Å². The first-order valence-corrected chi connectivity index (χ1v) is 10.9. The summed E-state index contributed by atoms with van der Waals surface area (Å²) in [6.07, 6.45) is 12.0. The van der Waals surface area contributed by atoms with E-state index in [9.17, 15) is 0 Å². The zero-order valence-corrected chi connectivity index (χ0v) is 15.0. The standard InChI is InChI=1S/C16H35NO2Si/c1-5-8-9-10-11-12-14-17-15-13-16-20(4,18-6-2)19-7-3/h12,14,17H,5-11,13,15-16H2,1-4H3. The van der Waals surface area contributed by atoms with Gasteiger partial charge in [0.15, 0.2) is 0 Å². The van der Waals surface area contributed by atoms with Gasteiger partial charge in [-0.3, -0.25) is 0 Å². The third kappa shape index (κ3) is 11.5. The van der Waals surface area contributed by atoms with Crippen LogP contribution >= 0.6 is 0 Å². The number of unbranched alkanes of at least 4 members (excludes halogenated alkanes) is 4. The van der Waals surface area contributed by atoms with Gasteiger partial charge in [0, 0.05) is 19.8 Å². The molecule has 0 spiro atoms. The molecule has 0 unspecified atom stereocenters. The molecule has 20 heavy (non-hydrogen) atoms. The molecule has 0 heterocycles. The van der Waals surface area contributed by atoms with E-state index in [1.165, 1.54) is 32.1 Å². The molecule has 0 aliphatic carbocycles. The zero-order valence-electron chi connectivity index (χ0n) is 14.0. The summed E-state index contributed by atoms with van der Waals surface area (Å²) in [4.78, 5) is 0. The average Bonchev–Trinajstić information content (AvgIpc) is 2.41. The third-order valence-corrected chi connectivity index (χ3v) is 6.37. The first-order valence-electron chi connectivity index (χ1n) is 8.34. The minimum atomic E-state index is -1.90. The maximum absolute atomic E-state index is 5.82. The van der Waals surface area contributed by atoms with Crippen LogP contribution in [0.5, 0.6) is 0 Å². The lowest BCUT2D eigenvalue weighted by molar-refractivity contribution is 0.188. The van der Waals surface area contributed by atoms with Gasteiger partial charge in [0.2, 0.25) is 0 Å². The van der Waals surface area contributed by atoms with Gasteiger partial charge >= 0.3 is 8.56 Å². The molecular weight excluding hydrogens is 266 g/mol. The summed E-state index contributed by atoms with van der Waals surface area (Å²) in [5, 5.41) is 3.36. The summed E-state index contributed by atoms with van der Waals surface area (Å²) >= 11 is 0. The molecule has 0 aliphatic rings. The van der Waals surface area contributed by atoms with Gasteiger partial charge in [-0.2, -0.15) is 0 Å². The Hall–Kier alpha value is -0.323. The Labute approximate surface area is 127 Å². The van der Waals surface area contributed by atoms with Gasteiger partial charge in [-0.15, -0.1) is 0 Å². The Morgan fingerprint density at radius 3 is 2.25 bits per heavy atom. The number of hydrogen-bond donors (Lipinski definition) is 1. The van der Waals surface area contributed by atoms with Crippen LogP contribution in [0.1, 0.15) is 59.3 Å². The molecule has 0 atom stereocenters. The highest BCUT2D eigenvalue weighted by atomic mass is 28.4. The lowest BCUT2D eigenvalue weighted by Crippen LogP contribution is -2.39. The minimum Gasteiger partial charge on any atom is -0.395 e. The minimum absolute atomic E-state index is 0.758. The fourth-order valence-corrected chi connectivity index (χ4v) is 4.66. The van der Waals surface area contributed by atoms with E-state index in [2.05, 4.69) is 31.1 Å². The number of allylic oxidation sites excluding steroid dienone is 1. The second-order valence-corrected chi connectivity index (χ2v) is 8.65. The molecule has 1 N–H and O–H groups in total. The summed E-state index contributed by atoms with van der Waals surface area (Å²) < 4.78 is 11.6. The van der Waals surface area contributed by atoms with Gasteiger partial charge in [0.05, 0.1) is 0 Å². The smallest absolute Gasteiger partial charge is 0.334 e. The Balaban J connectivity index is 3.56. The molecule has 0 aliphatic heterocycles. The monoisotopic (exact) mass is 301 g/mol. The van der Waals surface area contributed by atoms with Crippen molar-refractivity contribution in [2.75, 3.05) is 19.8 Å². The van der Waals surface area contributed by atoms with Crippen molar-refractivity contribution >= 4 is 8.56 Å². The molecule has 3 nitrogen and oxygen atoms in total. The topological polar surface area (TPSA) is 30.5 Å². The first-order chi connectivity index (χ1) is 9.68. The van der Waals surface area contributed by atoms with Crippen molar-refractivity contribution in [1.82, 2.24) is 5.32 Å². The van der Waals surface area contributed by atoms with Gasteiger partial charge in [0.1, 0.15) is 0 Å². The van der Waals surface area contributed by atoms with Crippen LogP contribution < -0.4 is 5.32 Å². The zero-order chi connectivity index (χ0) is 15.1. The second-order valence-electron chi connectivity index (χ2n) is 5.31. The normalized spacial score (nSPS) is 12.2. The van der Waals surface area contributed by atoms with Crippen LogP contribution in [0, 0.1) is 0 Å². The summed E-state index contributed by atoms with van der Waals surface area (Å²) in [5.41, 5.74) is 0. The predicted molar refractivity (Wildman–Crippen MR) is 90.2 cm³/mol. The largest absolute Gasteiger partial charge is 0.395 e. The second kappa shape index (κ2) is 13.7. The van der Waals surface area contributed by atoms with E-state index < -0.39 is 8.56 Å². The quantitative estimate of drug-likeness (QED) is 0.376. The highest BCUT2D eigenvalue weighted by molar-refractivity contribution is 6.66. The Morgan fingerprint density at radius 1 is 0.950 bits per heavy atom. The Kier molecular flexibility index (Phi) is 13.4. The summed E-state index contributed by atoms with van der Waals surface area (Å²) in [7, 11) is -1.90. The molecule has 0 rings (SSSR count). The molecule has 4 heteroatoms. The fraction of sp³-hybridized carbons (Fsp3) is 0.875. The molecule has 0 bridgehead atoms. The molecule has 0 aromatic heterocycles. The van der Waals surface area contributed by atoms with Crippen molar-refractivity contribution in [1.29, 1.82) is 0 Å². The molecule has 0 aromatic carbocycles. The van der Waals surface area contributed by atoms with Gasteiger partial charge in [-0.25, -0.2) is 0 Å². The van der Waals surface area contributed by atoms with Crippen LogP contribution in [-0.4, -0.2) is 28.3 Å². The van der Waals surface area contributed by atoms with E-state index in [0.29, 0.717) is 0 Å². The SMILES string of the molecule is CCCCCCC=CNCCC[Si](C)(OCC)OCC. The molecule has 0 fully saturated rings. The molecule has 0 saturated heterocycles.